The Hall–Kier alpha value is -3.83. The number of carbonyl (C=O) groups is 2. The quantitative estimate of drug-likeness (QED) is 0.281. The number of carbonyl (C=O) groups excluding carboxylic acids is 2. The van der Waals surface area contributed by atoms with Gasteiger partial charge in [0.05, 0.1) is 11.7 Å². The smallest absolute Gasteiger partial charge is 0.258 e. The molecule has 0 spiro atoms. The van der Waals surface area contributed by atoms with Crippen LogP contribution in [0.1, 0.15) is 55.8 Å². The number of ether oxygens (including phenoxy) is 1. The third-order valence-electron chi connectivity index (χ3n) is 6.53. The molecule has 2 atom stereocenters. The van der Waals surface area contributed by atoms with Crippen molar-refractivity contribution in [3.63, 3.8) is 0 Å². The lowest BCUT2D eigenvalue weighted by Gasteiger charge is -2.29. The van der Waals surface area contributed by atoms with Crippen LogP contribution >= 0.6 is 0 Å². The summed E-state index contributed by atoms with van der Waals surface area (Å²) in [7, 11) is 2.04. The van der Waals surface area contributed by atoms with Crippen molar-refractivity contribution in [2.24, 2.45) is 5.92 Å². The van der Waals surface area contributed by atoms with E-state index in [1.165, 1.54) is 0 Å². The number of nitrogens with zero attached hydrogens (tertiary/aromatic N) is 4. The van der Waals surface area contributed by atoms with E-state index in [2.05, 4.69) is 27.2 Å². The number of fused-ring (bicyclic) bond motifs is 1. The van der Waals surface area contributed by atoms with Crippen LogP contribution in [0.4, 0.5) is 0 Å². The van der Waals surface area contributed by atoms with Crippen LogP contribution in [0.3, 0.4) is 0 Å². The van der Waals surface area contributed by atoms with E-state index in [0.29, 0.717) is 41.4 Å². The second-order valence-corrected chi connectivity index (χ2v) is 9.39. The fourth-order valence-corrected chi connectivity index (χ4v) is 5.00. The van der Waals surface area contributed by atoms with Crippen LogP contribution in [0.2, 0.25) is 0 Å². The van der Waals surface area contributed by atoms with Gasteiger partial charge in [-0.3, -0.25) is 4.90 Å². The van der Waals surface area contributed by atoms with Crippen LogP contribution in [-0.4, -0.2) is 47.3 Å². The van der Waals surface area contributed by atoms with Gasteiger partial charge in [-0.2, -0.15) is 10.2 Å². The molecule has 3 aromatic rings. The molecule has 186 valence electrons. The molecular weight excluding hydrogens is 456 g/mol. The summed E-state index contributed by atoms with van der Waals surface area (Å²) in [6, 6.07) is 13.5. The summed E-state index contributed by atoms with van der Waals surface area (Å²) < 4.78 is 11.3. The van der Waals surface area contributed by atoms with Gasteiger partial charge in [0, 0.05) is 30.0 Å². The fraction of sp³-hybridized carbons (Fsp3) is 0.393. The van der Waals surface area contributed by atoms with Crippen LogP contribution in [0, 0.1) is 17.2 Å². The number of aldehydes is 2. The van der Waals surface area contributed by atoms with E-state index < -0.39 is 0 Å². The fourth-order valence-electron chi connectivity index (χ4n) is 5.00. The van der Waals surface area contributed by atoms with Crippen molar-refractivity contribution >= 4 is 12.6 Å². The number of hydrogen-bond acceptors (Lipinski definition) is 8. The molecule has 8 heteroatoms. The Kier molecular flexibility index (Phi) is 7.91. The highest BCUT2D eigenvalue weighted by Crippen LogP contribution is 2.44. The van der Waals surface area contributed by atoms with Crippen molar-refractivity contribution in [3.05, 3.63) is 53.1 Å². The molecule has 36 heavy (non-hydrogen) atoms. The van der Waals surface area contributed by atoms with Gasteiger partial charge in [0.15, 0.2) is 0 Å². The Morgan fingerprint density at radius 2 is 2.08 bits per heavy atom. The molecule has 0 fully saturated rings. The number of unbranched alkanes of at least 4 members (excludes halogenated alkanes) is 1. The summed E-state index contributed by atoms with van der Waals surface area (Å²) in [5, 5.41) is 13.8. The van der Waals surface area contributed by atoms with Crippen molar-refractivity contribution in [3.8, 4) is 34.7 Å². The molecule has 2 unspecified atom stereocenters. The van der Waals surface area contributed by atoms with Gasteiger partial charge in [0.2, 0.25) is 5.82 Å². The van der Waals surface area contributed by atoms with E-state index in [-0.39, 0.29) is 18.1 Å². The maximum absolute atomic E-state index is 11.5. The summed E-state index contributed by atoms with van der Waals surface area (Å²) in [5.41, 5.74) is 4.19. The zero-order chi connectivity index (χ0) is 25.7. The molecule has 0 bridgehead atoms. The molecular formula is C28H30N4O4. The van der Waals surface area contributed by atoms with Crippen LogP contribution in [0.5, 0.6) is 5.75 Å². The average Bonchev–Trinajstić information content (AvgIpc) is 3.49. The number of nitriles is 1. The van der Waals surface area contributed by atoms with E-state index >= 15 is 0 Å². The summed E-state index contributed by atoms with van der Waals surface area (Å²) in [6.07, 6.45) is 4.36. The van der Waals surface area contributed by atoms with Crippen molar-refractivity contribution in [1.29, 1.82) is 5.26 Å². The van der Waals surface area contributed by atoms with E-state index in [0.717, 1.165) is 48.6 Å². The highest BCUT2D eigenvalue weighted by Gasteiger charge is 2.36. The molecule has 0 amide bonds. The SMILES string of the molecule is CC(C)Oc1ccc(-c2nc(-c3cccc4c3CC(CC=O)C4N(C)CCCC=O)no2)cc1C#N. The summed E-state index contributed by atoms with van der Waals surface area (Å²) in [5.74, 6) is 1.44. The Morgan fingerprint density at radius 3 is 2.81 bits per heavy atom. The van der Waals surface area contributed by atoms with E-state index in [4.69, 9.17) is 9.26 Å². The Bertz CT molecular complexity index is 1280. The zero-order valence-electron chi connectivity index (χ0n) is 20.8. The van der Waals surface area contributed by atoms with E-state index in [9.17, 15) is 14.9 Å². The maximum Gasteiger partial charge on any atom is 0.258 e. The predicted molar refractivity (Wildman–Crippen MR) is 134 cm³/mol. The highest BCUT2D eigenvalue weighted by molar-refractivity contribution is 5.67. The summed E-state index contributed by atoms with van der Waals surface area (Å²) in [6.45, 7) is 4.59. The van der Waals surface area contributed by atoms with Gasteiger partial charge in [-0.15, -0.1) is 0 Å². The molecule has 1 aliphatic carbocycles. The van der Waals surface area contributed by atoms with Crippen molar-refractivity contribution in [2.45, 2.75) is 51.7 Å². The molecule has 1 aliphatic rings. The third kappa shape index (κ3) is 5.21. The number of rotatable bonds is 11. The first kappa shape index (κ1) is 25.3. The van der Waals surface area contributed by atoms with Crippen LogP contribution in [0.25, 0.3) is 22.8 Å². The Balaban J connectivity index is 1.65. The third-order valence-corrected chi connectivity index (χ3v) is 6.53. The van der Waals surface area contributed by atoms with E-state index in [1.54, 1.807) is 18.2 Å². The monoisotopic (exact) mass is 486 g/mol. The normalized spacial score (nSPS) is 16.7. The number of aromatic nitrogens is 2. The van der Waals surface area contributed by atoms with Gasteiger partial charge in [-0.1, -0.05) is 23.4 Å². The van der Waals surface area contributed by atoms with Gasteiger partial charge in [0.25, 0.3) is 5.89 Å². The molecule has 1 heterocycles. The van der Waals surface area contributed by atoms with Crippen molar-refractivity contribution < 1.29 is 18.8 Å². The lowest BCUT2D eigenvalue weighted by atomic mass is 9.96. The van der Waals surface area contributed by atoms with Crippen LogP contribution < -0.4 is 4.74 Å². The molecule has 8 nitrogen and oxygen atoms in total. The minimum atomic E-state index is -0.0472. The minimum Gasteiger partial charge on any atom is -0.490 e. The first-order valence-corrected chi connectivity index (χ1v) is 12.2. The van der Waals surface area contributed by atoms with Gasteiger partial charge >= 0.3 is 0 Å². The topological polar surface area (TPSA) is 109 Å². The molecule has 1 aromatic heterocycles. The lowest BCUT2D eigenvalue weighted by Crippen LogP contribution is -2.29. The summed E-state index contributed by atoms with van der Waals surface area (Å²) in [4.78, 5) is 29.1. The molecule has 0 radical (unpaired) electrons. The Morgan fingerprint density at radius 1 is 1.25 bits per heavy atom. The molecule has 0 saturated carbocycles. The van der Waals surface area contributed by atoms with Crippen LogP contribution in [-0.2, 0) is 16.0 Å². The van der Waals surface area contributed by atoms with E-state index in [1.807, 2.05) is 33.0 Å². The second kappa shape index (κ2) is 11.3. The molecule has 0 aliphatic heterocycles. The highest BCUT2D eigenvalue weighted by atomic mass is 16.5. The Labute approximate surface area is 210 Å². The van der Waals surface area contributed by atoms with Gasteiger partial charge in [0.1, 0.15) is 24.4 Å². The number of benzene rings is 2. The summed E-state index contributed by atoms with van der Waals surface area (Å²) >= 11 is 0. The maximum atomic E-state index is 11.5. The first-order valence-electron chi connectivity index (χ1n) is 12.2. The zero-order valence-corrected chi connectivity index (χ0v) is 20.8. The average molecular weight is 487 g/mol. The number of hydrogen-bond donors (Lipinski definition) is 0. The molecule has 4 rings (SSSR count). The van der Waals surface area contributed by atoms with Crippen LogP contribution in [0.15, 0.2) is 40.9 Å². The van der Waals surface area contributed by atoms with Gasteiger partial charge in [-0.25, -0.2) is 0 Å². The van der Waals surface area contributed by atoms with Gasteiger partial charge in [-0.05, 0) is 75.5 Å². The van der Waals surface area contributed by atoms with Crippen molar-refractivity contribution in [2.75, 3.05) is 13.6 Å². The molecule has 0 saturated heterocycles. The first-order chi connectivity index (χ1) is 17.5. The second-order valence-electron chi connectivity index (χ2n) is 9.39. The van der Waals surface area contributed by atoms with Crippen molar-refractivity contribution in [1.82, 2.24) is 15.0 Å². The van der Waals surface area contributed by atoms with Gasteiger partial charge < -0.3 is 18.8 Å². The predicted octanol–water partition coefficient (Wildman–Crippen LogP) is 4.78. The standard InChI is InChI=1S/C28H30N4O4/c1-18(2)35-25-10-9-20(15-21(25)17-29)28-30-27(31-36-28)23-8-6-7-22-24(23)16-19(11-14-34)26(22)32(3)12-4-5-13-33/h6-10,13-15,18-19,26H,4-5,11-12,16H2,1-3H3. The minimum absolute atomic E-state index is 0.0472. The lowest BCUT2D eigenvalue weighted by molar-refractivity contribution is -0.109. The molecule has 0 N–H and O–H groups in total. The largest absolute Gasteiger partial charge is 0.490 e. The molecule has 2 aromatic carbocycles.